The molecule has 0 heterocycles. The molecule has 0 saturated carbocycles. The Morgan fingerprint density at radius 1 is 1.17 bits per heavy atom. The third-order valence-corrected chi connectivity index (χ3v) is 5.14. The van der Waals surface area contributed by atoms with E-state index in [0.717, 1.165) is 17.6 Å². The van der Waals surface area contributed by atoms with Crippen LogP contribution in [0.4, 0.5) is 0 Å². The van der Waals surface area contributed by atoms with Crippen molar-refractivity contribution in [2.24, 2.45) is 22.7 Å². The highest BCUT2D eigenvalue weighted by molar-refractivity contribution is 5.99. The molecule has 0 spiro atoms. The summed E-state index contributed by atoms with van der Waals surface area (Å²) in [7, 11) is 0. The first-order valence-electron chi connectivity index (χ1n) is 8.94. The Balaban J connectivity index is 2.40. The molecule has 0 saturated heterocycles. The van der Waals surface area contributed by atoms with Crippen LogP contribution in [0.5, 0.6) is 0 Å². The van der Waals surface area contributed by atoms with Gasteiger partial charge in [-0.2, -0.15) is 0 Å². The van der Waals surface area contributed by atoms with E-state index in [1.807, 2.05) is 18.2 Å². The Morgan fingerprint density at radius 2 is 1.79 bits per heavy atom. The first kappa shape index (κ1) is 18.8. The molecule has 2 nitrogen and oxygen atoms in total. The van der Waals surface area contributed by atoms with E-state index in [9.17, 15) is 9.90 Å². The van der Waals surface area contributed by atoms with E-state index in [1.54, 1.807) is 0 Å². The highest BCUT2D eigenvalue weighted by Gasteiger charge is 2.38. The number of ketones is 1. The number of Topliss-reactive ketones (excluding diaryl/α,β-unsaturated/α-hetero) is 1. The summed E-state index contributed by atoms with van der Waals surface area (Å²) in [5, 5.41) is 10.8. The number of carbonyl (C=O) groups is 1. The van der Waals surface area contributed by atoms with Crippen molar-refractivity contribution in [3.63, 3.8) is 0 Å². The van der Waals surface area contributed by atoms with Gasteiger partial charge in [0.1, 0.15) is 0 Å². The molecule has 2 aliphatic carbocycles. The van der Waals surface area contributed by atoms with Gasteiger partial charge in [-0.15, -0.1) is 0 Å². The van der Waals surface area contributed by atoms with Crippen molar-refractivity contribution in [1.29, 1.82) is 0 Å². The van der Waals surface area contributed by atoms with E-state index in [0.29, 0.717) is 12.2 Å². The highest BCUT2D eigenvalue weighted by Crippen LogP contribution is 2.45. The second-order valence-corrected chi connectivity index (χ2v) is 9.35. The predicted molar refractivity (Wildman–Crippen MR) is 101 cm³/mol. The summed E-state index contributed by atoms with van der Waals surface area (Å²) in [6, 6.07) is 0. The monoisotopic (exact) mass is 328 g/mol. The van der Waals surface area contributed by atoms with Crippen LogP contribution in [0.3, 0.4) is 0 Å². The zero-order chi connectivity index (χ0) is 18.3. The van der Waals surface area contributed by atoms with Crippen LogP contribution >= 0.6 is 0 Å². The number of carbonyl (C=O) groups excluding carboxylic acids is 1. The lowest BCUT2D eigenvalue weighted by atomic mass is 9.68. The molecule has 2 heteroatoms. The fourth-order valence-electron chi connectivity index (χ4n) is 3.46. The third-order valence-electron chi connectivity index (χ3n) is 5.14. The molecule has 0 bridgehead atoms. The lowest BCUT2D eigenvalue weighted by Crippen LogP contribution is -2.31. The van der Waals surface area contributed by atoms with Crippen molar-refractivity contribution >= 4 is 5.78 Å². The molecule has 132 valence electrons. The van der Waals surface area contributed by atoms with Crippen LogP contribution in [-0.4, -0.2) is 10.9 Å². The Labute approximate surface area is 147 Å². The minimum absolute atomic E-state index is 0.0134. The fraction of sp³-hybridized carbons (Fsp3) is 0.591. The number of aliphatic hydroxyl groups is 1. The van der Waals surface area contributed by atoms with Crippen LogP contribution in [0.15, 0.2) is 46.8 Å². The van der Waals surface area contributed by atoms with Gasteiger partial charge in [-0.05, 0) is 47.8 Å². The lowest BCUT2D eigenvalue weighted by molar-refractivity contribution is -0.118. The standard InChI is InChI=1S/C22H32O2/c1-14-8-10-15(11-9-14)19(23)16-12-17(21(2,3)4)20(24)18(13-16)22(5,6)7/h8-10,12,15,18,24H,11,13H2,1-7H3. The van der Waals surface area contributed by atoms with Crippen molar-refractivity contribution < 1.29 is 9.90 Å². The summed E-state index contributed by atoms with van der Waals surface area (Å²) in [6.45, 7) is 14.7. The topological polar surface area (TPSA) is 37.3 Å². The number of hydrogen-bond donors (Lipinski definition) is 1. The minimum atomic E-state index is -0.182. The van der Waals surface area contributed by atoms with Gasteiger partial charge >= 0.3 is 0 Å². The molecule has 24 heavy (non-hydrogen) atoms. The third kappa shape index (κ3) is 3.91. The van der Waals surface area contributed by atoms with Crippen molar-refractivity contribution in [3.8, 4) is 0 Å². The molecule has 2 unspecified atom stereocenters. The van der Waals surface area contributed by atoms with E-state index < -0.39 is 0 Å². The van der Waals surface area contributed by atoms with Crippen molar-refractivity contribution in [1.82, 2.24) is 0 Å². The molecule has 2 atom stereocenters. The number of allylic oxidation sites excluding steroid dienone is 8. The van der Waals surface area contributed by atoms with E-state index in [2.05, 4.69) is 54.5 Å². The van der Waals surface area contributed by atoms with Gasteiger partial charge in [0.15, 0.2) is 5.78 Å². The van der Waals surface area contributed by atoms with Gasteiger partial charge in [0.2, 0.25) is 0 Å². The van der Waals surface area contributed by atoms with Gasteiger partial charge in [0, 0.05) is 11.8 Å². The molecule has 0 amide bonds. The number of rotatable bonds is 2. The Morgan fingerprint density at radius 3 is 2.25 bits per heavy atom. The molecule has 0 aromatic heterocycles. The van der Waals surface area contributed by atoms with Crippen LogP contribution in [0.1, 0.15) is 61.3 Å². The van der Waals surface area contributed by atoms with Crippen LogP contribution in [0.25, 0.3) is 0 Å². The maximum absolute atomic E-state index is 13.1. The van der Waals surface area contributed by atoms with Gasteiger partial charge in [0.25, 0.3) is 0 Å². The normalized spacial score (nSPS) is 25.5. The SMILES string of the molecule is CC1=CCC(C(=O)C2=CC(C(C)(C)C)=C(O)C(C(C)(C)C)C2)C=C1. The largest absolute Gasteiger partial charge is 0.512 e. The summed E-state index contributed by atoms with van der Waals surface area (Å²) in [4.78, 5) is 13.1. The molecule has 0 aliphatic heterocycles. The first-order valence-corrected chi connectivity index (χ1v) is 8.94. The van der Waals surface area contributed by atoms with Crippen LogP contribution in [-0.2, 0) is 4.79 Å². The van der Waals surface area contributed by atoms with Crippen LogP contribution < -0.4 is 0 Å². The fourth-order valence-corrected chi connectivity index (χ4v) is 3.46. The summed E-state index contributed by atoms with van der Waals surface area (Å²) in [5.74, 6) is 0.586. The maximum atomic E-state index is 13.1. The molecular weight excluding hydrogens is 296 g/mol. The number of hydrogen-bond acceptors (Lipinski definition) is 2. The molecule has 1 N–H and O–H groups in total. The summed E-state index contributed by atoms with van der Waals surface area (Å²) in [6.07, 6.45) is 9.55. The van der Waals surface area contributed by atoms with Gasteiger partial charge in [-0.3, -0.25) is 4.79 Å². The average Bonchev–Trinajstić information content (AvgIpc) is 2.45. The van der Waals surface area contributed by atoms with Gasteiger partial charge in [-0.25, -0.2) is 0 Å². The molecule has 0 aromatic rings. The molecule has 2 rings (SSSR count). The second kappa shape index (κ2) is 6.38. The first-order chi connectivity index (χ1) is 10.9. The summed E-state index contributed by atoms with van der Waals surface area (Å²) < 4.78 is 0. The van der Waals surface area contributed by atoms with E-state index in [-0.39, 0.29) is 28.4 Å². The maximum Gasteiger partial charge on any atom is 0.166 e. The molecule has 0 aromatic carbocycles. The highest BCUT2D eigenvalue weighted by atomic mass is 16.3. The molecule has 2 aliphatic rings. The summed E-state index contributed by atoms with van der Waals surface area (Å²) >= 11 is 0. The summed E-state index contributed by atoms with van der Waals surface area (Å²) in [5.41, 5.74) is 2.72. The lowest BCUT2D eigenvalue weighted by Gasteiger charge is -2.37. The van der Waals surface area contributed by atoms with E-state index in [4.69, 9.17) is 0 Å². The Bertz CT molecular complexity index is 642. The zero-order valence-electron chi connectivity index (χ0n) is 16.2. The Kier molecular flexibility index (Phi) is 4.99. The quantitative estimate of drug-likeness (QED) is 0.682. The smallest absolute Gasteiger partial charge is 0.166 e. The predicted octanol–water partition coefficient (Wildman–Crippen LogP) is 5.93. The molecule has 0 radical (unpaired) electrons. The van der Waals surface area contributed by atoms with Gasteiger partial charge in [0.05, 0.1) is 5.76 Å². The number of aliphatic hydroxyl groups excluding tert-OH is 1. The van der Waals surface area contributed by atoms with Crippen LogP contribution in [0.2, 0.25) is 0 Å². The van der Waals surface area contributed by atoms with E-state index in [1.165, 1.54) is 5.57 Å². The second-order valence-electron chi connectivity index (χ2n) is 9.35. The average molecular weight is 328 g/mol. The minimum Gasteiger partial charge on any atom is -0.512 e. The van der Waals surface area contributed by atoms with Gasteiger partial charge < -0.3 is 5.11 Å². The van der Waals surface area contributed by atoms with Gasteiger partial charge in [-0.1, -0.05) is 65.3 Å². The van der Waals surface area contributed by atoms with Crippen molar-refractivity contribution in [3.05, 3.63) is 46.8 Å². The van der Waals surface area contributed by atoms with E-state index >= 15 is 0 Å². The molecular formula is C22H32O2. The zero-order valence-corrected chi connectivity index (χ0v) is 16.2. The Hall–Kier alpha value is -1.57. The van der Waals surface area contributed by atoms with Crippen molar-refractivity contribution in [2.75, 3.05) is 0 Å². The molecule has 0 fully saturated rings. The van der Waals surface area contributed by atoms with Crippen LogP contribution in [0, 0.1) is 22.7 Å². The van der Waals surface area contributed by atoms with Crippen molar-refractivity contribution in [2.45, 2.75) is 61.3 Å².